The summed E-state index contributed by atoms with van der Waals surface area (Å²) in [5.74, 6) is 0.0815. The van der Waals surface area contributed by atoms with Gasteiger partial charge in [-0.15, -0.1) is 0 Å². The summed E-state index contributed by atoms with van der Waals surface area (Å²) in [6.45, 7) is 0.726. The molecule has 0 bridgehead atoms. The Labute approximate surface area is 124 Å². The molecule has 1 unspecified atom stereocenters. The van der Waals surface area contributed by atoms with Crippen molar-refractivity contribution in [1.29, 1.82) is 0 Å². The van der Waals surface area contributed by atoms with Gasteiger partial charge in [-0.05, 0) is 18.7 Å². The van der Waals surface area contributed by atoms with Crippen molar-refractivity contribution in [2.45, 2.75) is 6.04 Å². The van der Waals surface area contributed by atoms with Gasteiger partial charge in [-0.25, -0.2) is 8.42 Å². The molecule has 0 aromatic heterocycles. The Kier molecular flexibility index (Phi) is 6.08. The lowest BCUT2D eigenvalue weighted by molar-refractivity contribution is 0.264. The predicted octanol–water partition coefficient (Wildman–Crippen LogP) is 1.97. The summed E-state index contributed by atoms with van der Waals surface area (Å²) in [5, 5.41) is 0.931. The highest BCUT2D eigenvalue weighted by molar-refractivity contribution is 7.90. The molecule has 0 aliphatic heterocycles. The fraction of sp³-hybridized carbons (Fsp3) is 0.500. The SMILES string of the molecule is CN(CCS(C)(=O)=O)C(CN)c1cccc(Cl)c1Cl. The van der Waals surface area contributed by atoms with E-state index in [-0.39, 0.29) is 11.8 Å². The van der Waals surface area contributed by atoms with Crippen molar-refractivity contribution in [2.24, 2.45) is 5.73 Å². The fourth-order valence-corrected chi connectivity index (χ4v) is 2.84. The summed E-state index contributed by atoms with van der Waals surface area (Å²) in [4.78, 5) is 1.87. The van der Waals surface area contributed by atoms with Crippen LogP contribution in [0.1, 0.15) is 11.6 Å². The van der Waals surface area contributed by atoms with Crippen LogP contribution in [-0.2, 0) is 9.84 Å². The Hall–Kier alpha value is -0.330. The van der Waals surface area contributed by atoms with E-state index < -0.39 is 9.84 Å². The molecule has 0 aliphatic carbocycles. The maximum Gasteiger partial charge on any atom is 0.148 e. The van der Waals surface area contributed by atoms with Gasteiger partial charge < -0.3 is 5.73 Å². The minimum atomic E-state index is -3.00. The first-order valence-corrected chi connectivity index (χ1v) is 8.60. The zero-order valence-electron chi connectivity index (χ0n) is 10.9. The number of hydrogen-bond acceptors (Lipinski definition) is 4. The van der Waals surface area contributed by atoms with Crippen molar-refractivity contribution in [1.82, 2.24) is 4.90 Å². The summed E-state index contributed by atoms with van der Waals surface area (Å²) in [7, 11) is -1.18. The lowest BCUT2D eigenvalue weighted by Crippen LogP contribution is -2.34. The van der Waals surface area contributed by atoms with Crippen LogP contribution in [0.15, 0.2) is 18.2 Å². The van der Waals surface area contributed by atoms with Crippen LogP contribution in [0.2, 0.25) is 10.0 Å². The van der Waals surface area contributed by atoms with Gasteiger partial charge in [0.25, 0.3) is 0 Å². The van der Waals surface area contributed by atoms with Crippen molar-refractivity contribution in [3.63, 3.8) is 0 Å². The molecule has 0 fully saturated rings. The Morgan fingerprint density at radius 2 is 2.00 bits per heavy atom. The van der Waals surface area contributed by atoms with Crippen molar-refractivity contribution >= 4 is 33.0 Å². The van der Waals surface area contributed by atoms with Crippen LogP contribution in [-0.4, -0.2) is 45.5 Å². The van der Waals surface area contributed by atoms with Crippen LogP contribution in [0.3, 0.4) is 0 Å². The maximum atomic E-state index is 11.2. The molecule has 19 heavy (non-hydrogen) atoms. The first-order valence-electron chi connectivity index (χ1n) is 5.78. The predicted molar refractivity (Wildman–Crippen MR) is 80.6 cm³/mol. The molecule has 1 aromatic carbocycles. The number of benzene rings is 1. The second-order valence-electron chi connectivity index (χ2n) is 4.51. The van der Waals surface area contributed by atoms with E-state index in [4.69, 9.17) is 28.9 Å². The third-order valence-electron chi connectivity index (χ3n) is 2.91. The first-order chi connectivity index (χ1) is 8.76. The summed E-state index contributed by atoms with van der Waals surface area (Å²) >= 11 is 12.2. The molecule has 0 heterocycles. The van der Waals surface area contributed by atoms with Gasteiger partial charge in [0.15, 0.2) is 0 Å². The largest absolute Gasteiger partial charge is 0.329 e. The average Bonchev–Trinajstić information content (AvgIpc) is 2.32. The van der Waals surface area contributed by atoms with Crippen molar-refractivity contribution in [3.8, 4) is 0 Å². The van der Waals surface area contributed by atoms with Crippen LogP contribution < -0.4 is 5.73 Å². The summed E-state index contributed by atoms with van der Waals surface area (Å²) in [6, 6.07) is 5.20. The van der Waals surface area contributed by atoms with Crippen molar-refractivity contribution in [2.75, 3.05) is 32.1 Å². The van der Waals surface area contributed by atoms with E-state index >= 15 is 0 Å². The molecule has 7 heteroatoms. The van der Waals surface area contributed by atoms with E-state index in [0.29, 0.717) is 23.1 Å². The highest BCUT2D eigenvalue weighted by Gasteiger charge is 2.20. The molecule has 4 nitrogen and oxygen atoms in total. The van der Waals surface area contributed by atoms with Gasteiger partial charge in [-0.1, -0.05) is 35.3 Å². The molecule has 0 aliphatic rings. The molecule has 1 atom stereocenters. The van der Waals surface area contributed by atoms with Gasteiger partial charge in [-0.3, -0.25) is 4.90 Å². The molecule has 0 amide bonds. The Bertz CT molecular complexity index is 535. The summed E-state index contributed by atoms with van der Waals surface area (Å²) in [6.07, 6.45) is 1.21. The second kappa shape index (κ2) is 6.90. The van der Waals surface area contributed by atoms with Crippen LogP contribution in [0.5, 0.6) is 0 Å². The molecule has 1 aromatic rings. The normalized spacial score (nSPS) is 13.8. The molecule has 108 valence electrons. The van der Waals surface area contributed by atoms with Crippen LogP contribution in [0.4, 0.5) is 0 Å². The number of nitrogens with zero attached hydrogens (tertiary/aromatic N) is 1. The van der Waals surface area contributed by atoms with E-state index in [1.165, 1.54) is 6.26 Å². The standard InChI is InChI=1S/C12H18Cl2N2O2S/c1-16(6-7-19(2,17)18)11(8-15)9-4-3-5-10(13)12(9)14/h3-5,11H,6-8,15H2,1-2H3. The second-order valence-corrected chi connectivity index (χ2v) is 7.55. The van der Waals surface area contributed by atoms with E-state index in [9.17, 15) is 8.42 Å². The molecule has 0 saturated heterocycles. The maximum absolute atomic E-state index is 11.2. The topological polar surface area (TPSA) is 63.4 Å². The van der Waals surface area contributed by atoms with Crippen LogP contribution in [0.25, 0.3) is 0 Å². The number of hydrogen-bond donors (Lipinski definition) is 1. The van der Waals surface area contributed by atoms with Crippen LogP contribution >= 0.6 is 23.2 Å². The van der Waals surface area contributed by atoms with Gasteiger partial charge in [0.05, 0.1) is 15.8 Å². The number of halogens is 2. The Morgan fingerprint density at radius 1 is 1.37 bits per heavy atom. The van der Waals surface area contributed by atoms with Gasteiger partial charge in [0.1, 0.15) is 9.84 Å². The monoisotopic (exact) mass is 324 g/mol. The zero-order valence-corrected chi connectivity index (χ0v) is 13.3. The van der Waals surface area contributed by atoms with Crippen molar-refractivity contribution in [3.05, 3.63) is 33.8 Å². The van der Waals surface area contributed by atoms with E-state index in [1.807, 2.05) is 18.0 Å². The third kappa shape index (κ3) is 4.93. The minimum absolute atomic E-state index is 0.0815. The number of rotatable bonds is 6. The van der Waals surface area contributed by atoms with E-state index in [1.54, 1.807) is 12.1 Å². The Morgan fingerprint density at radius 3 is 2.53 bits per heavy atom. The smallest absolute Gasteiger partial charge is 0.148 e. The van der Waals surface area contributed by atoms with Crippen molar-refractivity contribution < 1.29 is 8.42 Å². The Balaban J connectivity index is 2.91. The highest BCUT2D eigenvalue weighted by atomic mass is 35.5. The highest BCUT2D eigenvalue weighted by Crippen LogP contribution is 2.31. The fourth-order valence-electron chi connectivity index (χ4n) is 1.79. The van der Waals surface area contributed by atoms with Gasteiger partial charge >= 0.3 is 0 Å². The van der Waals surface area contributed by atoms with Gasteiger partial charge in [-0.2, -0.15) is 0 Å². The summed E-state index contributed by atoms with van der Waals surface area (Å²) in [5.41, 5.74) is 6.58. The molecule has 2 N–H and O–H groups in total. The average molecular weight is 325 g/mol. The first kappa shape index (κ1) is 16.7. The number of likely N-dealkylation sites (N-methyl/N-ethyl adjacent to an activating group) is 1. The number of nitrogens with two attached hydrogens (primary N) is 1. The van der Waals surface area contributed by atoms with E-state index in [0.717, 1.165) is 5.56 Å². The van der Waals surface area contributed by atoms with Gasteiger partial charge in [0.2, 0.25) is 0 Å². The lowest BCUT2D eigenvalue weighted by Gasteiger charge is -2.28. The van der Waals surface area contributed by atoms with E-state index in [2.05, 4.69) is 0 Å². The lowest BCUT2D eigenvalue weighted by atomic mass is 10.1. The quantitative estimate of drug-likeness (QED) is 0.868. The number of sulfone groups is 1. The van der Waals surface area contributed by atoms with Crippen LogP contribution in [0, 0.1) is 0 Å². The molecule has 0 saturated carbocycles. The zero-order chi connectivity index (χ0) is 14.6. The molecular weight excluding hydrogens is 307 g/mol. The summed E-state index contributed by atoms with van der Waals surface area (Å²) < 4.78 is 22.4. The molecule has 0 radical (unpaired) electrons. The third-order valence-corrected chi connectivity index (χ3v) is 4.67. The van der Waals surface area contributed by atoms with Gasteiger partial charge in [0, 0.05) is 25.4 Å². The molecule has 1 rings (SSSR count). The molecular formula is C12H18Cl2N2O2S. The molecule has 0 spiro atoms. The minimum Gasteiger partial charge on any atom is -0.329 e.